The Morgan fingerprint density at radius 3 is 1.88 bits per heavy atom. The van der Waals surface area contributed by atoms with Crippen LogP contribution in [-0.4, -0.2) is 4.57 Å². The molecule has 0 N–H and O–H groups in total. The lowest BCUT2D eigenvalue weighted by Crippen LogP contribution is -3.00. The first kappa shape index (κ1) is 16.7. The third kappa shape index (κ3) is 3.22. The van der Waals surface area contributed by atoms with Gasteiger partial charge in [-0.05, 0) is 18.6 Å². The summed E-state index contributed by atoms with van der Waals surface area (Å²) in [6.45, 7) is 2.15. The molecule has 4 aromatic rings. The minimum Gasteiger partial charge on any atom is -1.00 e. The van der Waals surface area contributed by atoms with E-state index < -0.39 is 0 Å². The van der Waals surface area contributed by atoms with Crippen molar-refractivity contribution in [3.05, 3.63) is 79.1 Å². The van der Waals surface area contributed by atoms with Crippen LogP contribution in [0.3, 0.4) is 0 Å². The number of hydrogen-bond donors (Lipinski definition) is 0. The smallest absolute Gasteiger partial charge is 0.168 e. The molecule has 0 aliphatic heterocycles. The average Bonchev–Trinajstić information content (AvgIpc) is 2.94. The number of benzene rings is 2. The van der Waals surface area contributed by atoms with Crippen molar-refractivity contribution in [2.24, 2.45) is 0 Å². The molecule has 0 fully saturated rings. The van der Waals surface area contributed by atoms with Crippen molar-refractivity contribution in [1.82, 2.24) is 4.57 Å². The zero-order valence-corrected chi connectivity index (χ0v) is 15.2. The number of hydrogen-bond acceptors (Lipinski definition) is 0. The van der Waals surface area contributed by atoms with Gasteiger partial charge in [0.25, 0.3) is 0 Å². The number of nitrogens with zero attached hydrogens (tertiary/aromatic N) is 2. The molecule has 0 spiro atoms. The lowest BCUT2D eigenvalue weighted by molar-refractivity contribution is -0.697. The van der Waals surface area contributed by atoms with E-state index in [0.29, 0.717) is 0 Å². The molecule has 2 nitrogen and oxygen atoms in total. The maximum Gasteiger partial charge on any atom is 0.168 e. The van der Waals surface area contributed by atoms with Gasteiger partial charge in [0.15, 0.2) is 12.4 Å². The molecule has 2 aromatic heterocycles. The van der Waals surface area contributed by atoms with E-state index in [1.807, 2.05) is 0 Å². The van der Waals surface area contributed by atoms with Crippen LogP contribution in [-0.2, 0) is 13.1 Å². The maximum absolute atomic E-state index is 2.47. The molecular weight excluding hydrogens is 360 g/mol. The van der Waals surface area contributed by atoms with Gasteiger partial charge in [0.1, 0.15) is 6.54 Å². The zero-order valence-electron chi connectivity index (χ0n) is 13.6. The zero-order chi connectivity index (χ0) is 15.5. The van der Waals surface area contributed by atoms with Crippen molar-refractivity contribution in [3.63, 3.8) is 0 Å². The second kappa shape index (κ2) is 7.63. The molecule has 122 valence electrons. The fraction of sp³-hybridized carbons (Fsp3) is 0.190. The van der Waals surface area contributed by atoms with Crippen molar-refractivity contribution in [3.8, 4) is 0 Å². The third-order valence-electron chi connectivity index (χ3n) is 4.51. The van der Waals surface area contributed by atoms with Crippen molar-refractivity contribution in [2.45, 2.75) is 25.9 Å². The van der Waals surface area contributed by atoms with Crippen molar-refractivity contribution in [2.75, 3.05) is 0 Å². The molecule has 0 unspecified atom stereocenters. The molecule has 4 rings (SSSR count). The van der Waals surface area contributed by atoms with E-state index in [2.05, 4.69) is 88.3 Å². The van der Waals surface area contributed by atoms with Gasteiger partial charge in [-0.25, -0.2) is 4.57 Å². The Morgan fingerprint density at radius 2 is 1.25 bits per heavy atom. The number of para-hydroxylation sites is 2. The van der Waals surface area contributed by atoms with Gasteiger partial charge in [0.2, 0.25) is 0 Å². The molecule has 0 radical (unpaired) electrons. The van der Waals surface area contributed by atoms with E-state index in [4.69, 9.17) is 0 Å². The molecule has 2 heterocycles. The SMILES string of the molecule is [Br-].c1cc[n+](CCCCn2c3ccccc3c3ccccc32)cc1. The van der Waals surface area contributed by atoms with Crippen LogP contribution in [0.2, 0.25) is 0 Å². The van der Waals surface area contributed by atoms with E-state index in [1.165, 1.54) is 34.6 Å². The first-order chi connectivity index (χ1) is 11.4. The molecule has 0 bridgehead atoms. The van der Waals surface area contributed by atoms with Gasteiger partial charge in [-0.1, -0.05) is 42.5 Å². The van der Waals surface area contributed by atoms with Crippen molar-refractivity contribution in [1.29, 1.82) is 0 Å². The fourth-order valence-electron chi connectivity index (χ4n) is 3.39. The molecule has 0 saturated heterocycles. The van der Waals surface area contributed by atoms with Crippen LogP contribution >= 0.6 is 0 Å². The number of fused-ring (bicyclic) bond motifs is 3. The first-order valence-electron chi connectivity index (χ1n) is 8.33. The molecule has 0 atom stereocenters. The summed E-state index contributed by atoms with van der Waals surface area (Å²) in [5.41, 5.74) is 2.70. The third-order valence-corrected chi connectivity index (χ3v) is 4.51. The fourth-order valence-corrected chi connectivity index (χ4v) is 3.39. The highest BCUT2D eigenvalue weighted by Crippen LogP contribution is 2.28. The molecule has 0 amide bonds. The van der Waals surface area contributed by atoms with Gasteiger partial charge >= 0.3 is 0 Å². The van der Waals surface area contributed by atoms with Crippen LogP contribution in [0.5, 0.6) is 0 Å². The summed E-state index contributed by atoms with van der Waals surface area (Å²) in [4.78, 5) is 0. The van der Waals surface area contributed by atoms with E-state index in [9.17, 15) is 0 Å². The number of aromatic nitrogens is 2. The summed E-state index contributed by atoms with van der Waals surface area (Å²) in [5, 5.41) is 2.72. The van der Waals surface area contributed by atoms with Gasteiger partial charge in [-0.2, -0.15) is 0 Å². The number of aryl methyl sites for hydroxylation is 2. The van der Waals surface area contributed by atoms with Crippen molar-refractivity contribution >= 4 is 21.8 Å². The quantitative estimate of drug-likeness (QED) is 0.367. The molecule has 2 aromatic carbocycles. The second-order valence-electron chi connectivity index (χ2n) is 6.01. The van der Waals surface area contributed by atoms with Gasteiger partial charge in [-0.3, -0.25) is 0 Å². The van der Waals surface area contributed by atoms with Crippen LogP contribution in [0.25, 0.3) is 21.8 Å². The lowest BCUT2D eigenvalue weighted by Gasteiger charge is -2.06. The normalized spacial score (nSPS) is 10.8. The number of halogens is 1. The van der Waals surface area contributed by atoms with Crippen LogP contribution < -0.4 is 21.5 Å². The highest BCUT2D eigenvalue weighted by atomic mass is 79.9. The van der Waals surface area contributed by atoms with Gasteiger partial charge < -0.3 is 21.5 Å². The number of unbranched alkanes of at least 4 members (excludes halogenated alkanes) is 1. The molecular formula is C21H21BrN2. The van der Waals surface area contributed by atoms with Gasteiger partial charge in [0, 0.05) is 46.9 Å². The van der Waals surface area contributed by atoms with E-state index in [0.717, 1.165) is 13.1 Å². The summed E-state index contributed by atoms with van der Waals surface area (Å²) in [7, 11) is 0. The van der Waals surface area contributed by atoms with Gasteiger partial charge in [-0.15, -0.1) is 0 Å². The van der Waals surface area contributed by atoms with Crippen LogP contribution in [0.4, 0.5) is 0 Å². The Kier molecular flexibility index (Phi) is 5.31. The number of rotatable bonds is 5. The summed E-state index contributed by atoms with van der Waals surface area (Å²) in [5.74, 6) is 0. The Labute approximate surface area is 153 Å². The minimum atomic E-state index is 0. The summed E-state index contributed by atoms with van der Waals surface area (Å²) < 4.78 is 4.73. The van der Waals surface area contributed by atoms with Crippen LogP contribution in [0.1, 0.15) is 12.8 Å². The minimum absolute atomic E-state index is 0. The Morgan fingerprint density at radius 1 is 0.667 bits per heavy atom. The summed E-state index contributed by atoms with van der Waals surface area (Å²) in [6, 6.07) is 23.7. The standard InChI is InChI=1S/C21H21N2.BrH/c1-6-14-22(15-7-1)16-8-9-17-23-20-12-4-2-10-18(20)19-11-3-5-13-21(19)23;/h1-7,10-15H,8-9,16-17H2;1H/q+1;/p-1. The molecule has 24 heavy (non-hydrogen) atoms. The van der Waals surface area contributed by atoms with Gasteiger partial charge in [0.05, 0.1) is 0 Å². The van der Waals surface area contributed by atoms with Crippen LogP contribution in [0.15, 0.2) is 79.1 Å². The predicted octanol–water partition coefficient (Wildman–Crippen LogP) is 1.57. The maximum atomic E-state index is 2.47. The predicted molar refractivity (Wildman–Crippen MR) is 95.3 cm³/mol. The summed E-state index contributed by atoms with van der Waals surface area (Å²) >= 11 is 0. The Balaban J connectivity index is 0.00000169. The topological polar surface area (TPSA) is 8.81 Å². The highest BCUT2D eigenvalue weighted by Gasteiger charge is 2.09. The highest BCUT2D eigenvalue weighted by molar-refractivity contribution is 6.07. The number of pyridine rings is 1. The summed E-state index contributed by atoms with van der Waals surface area (Å²) in [6.07, 6.45) is 6.65. The van der Waals surface area contributed by atoms with Crippen molar-refractivity contribution < 1.29 is 21.5 Å². The van der Waals surface area contributed by atoms with E-state index in [-0.39, 0.29) is 17.0 Å². The van der Waals surface area contributed by atoms with E-state index >= 15 is 0 Å². The Bertz CT molecular complexity index is 875. The van der Waals surface area contributed by atoms with Crippen LogP contribution in [0, 0.1) is 0 Å². The molecule has 0 aliphatic rings. The largest absolute Gasteiger partial charge is 1.00 e. The molecule has 0 aliphatic carbocycles. The monoisotopic (exact) mass is 380 g/mol. The first-order valence-corrected chi connectivity index (χ1v) is 8.33. The lowest BCUT2D eigenvalue weighted by atomic mass is 10.2. The Hall–Kier alpha value is -2.13. The molecule has 3 heteroatoms. The molecule has 0 saturated carbocycles. The average molecular weight is 381 g/mol. The second-order valence-corrected chi connectivity index (χ2v) is 6.01. The van der Waals surface area contributed by atoms with E-state index in [1.54, 1.807) is 0 Å².